The van der Waals surface area contributed by atoms with E-state index in [9.17, 15) is 0 Å². The van der Waals surface area contributed by atoms with E-state index < -0.39 is 0 Å². The molecular formula is C16H10Br2. The summed E-state index contributed by atoms with van der Waals surface area (Å²) in [7, 11) is 0. The standard InChI is InChI=1S/C16H10Br2/c17-9-4-5-10-12-6-7-15(18)13-3-1-2-11(16(12)13)14(10)8-9/h2,4-8H,1,3H2. The van der Waals surface area contributed by atoms with Crippen LogP contribution in [0.5, 0.6) is 0 Å². The molecule has 0 spiro atoms. The zero-order valence-electron chi connectivity index (χ0n) is 9.63. The van der Waals surface area contributed by atoms with Crippen LogP contribution in [0.3, 0.4) is 0 Å². The van der Waals surface area contributed by atoms with Gasteiger partial charge in [-0.2, -0.15) is 0 Å². The lowest BCUT2D eigenvalue weighted by Gasteiger charge is -2.16. The maximum atomic E-state index is 3.69. The van der Waals surface area contributed by atoms with Crippen LogP contribution in [0.25, 0.3) is 16.7 Å². The van der Waals surface area contributed by atoms with Gasteiger partial charge >= 0.3 is 0 Å². The van der Waals surface area contributed by atoms with Gasteiger partial charge in [0, 0.05) is 8.95 Å². The van der Waals surface area contributed by atoms with Crippen molar-refractivity contribution in [2.45, 2.75) is 12.8 Å². The third kappa shape index (κ3) is 1.36. The quantitative estimate of drug-likeness (QED) is 0.491. The zero-order chi connectivity index (χ0) is 12.3. The van der Waals surface area contributed by atoms with E-state index in [-0.39, 0.29) is 0 Å². The van der Waals surface area contributed by atoms with E-state index in [1.807, 2.05) is 0 Å². The lowest BCUT2D eigenvalue weighted by molar-refractivity contribution is 0.975. The molecule has 2 heteroatoms. The van der Waals surface area contributed by atoms with Crippen molar-refractivity contribution >= 4 is 37.4 Å². The Hall–Kier alpha value is -0.860. The summed E-state index contributed by atoms with van der Waals surface area (Å²) >= 11 is 7.28. The molecule has 0 aromatic heterocycles. The second-order valence-corrected chi connectivity index (χ2v) is 6.56. The van der Waals surface area contributed by atoms with E-state index in [2.05, 4.69) is 68.3 Å². The van der Waals surface area contributed by atoms with E-state index >= 15 is 0 Å². The number of hydrogen-bond donors (Lipinski definition) is 0. The van der Waals surface area contributed by atoms with Crippen molar-refractivity contribution in [3.8, 4) is 11.1 Å². The minimum atomic E-state index is 1.14. The molecule has 0 unspecified atom stereocenters. The van der Waals surface area contributed by atoms with Crippen molar-refractivity contribution < 1.29 is 0 Å². The van der Waals surface area contributed by atoms with E-state index in [0.29, 0.717) is 0 Å². The Morgan fingerprint density at radius 1 is 0.889 bits per heavy atom. The van der Waals surface area contributed by atoms with Gasteiger partial charge in [-0.05, 0) is 64.4 Å². The monoisotopic (exact) mass is 360 g/mol. The number of benzene rings is 2. The van der Waals surface area contributed by atoms with Crippen molar-refractivity contribution in [3.63, 3.8) is 0 Å². The molecule has 0 saturated carbocycles. The molecule has 0 saturated heterocycles. The first kappa shape index (κ1) is 11.0. The van der Waals surface area contributed by atoms with Crippen LogP contribution in [0.15, 0.2) is 45.4 Å². The van der Waals surface area contributed by atoms with Gasteiger partial charge < -0.3 is 0 Å². The van der Waals surface area contributed by atoms with Crippen molar-refractivity contribution in [3.05, 3.63) is 62.0 Å². The van der Waals surface area contributed by atoms with Gasteiger partial charge in [0.15, 0.2) is 0 Å². The Kier molecular flexibility index (Phi) is 2.33. The molecule has 2 aliphatic carbocycles. The summed E-state index contributed by atoms with van der Waals surface area (Å²) in [5.41, 5.74) is 8.47. The molecule has 0 bridgehead atoms. The van der Waals surface area contributed by atoms with Gasteiger partial charge in [0.1, 0.15) is 0 Å². The molecule has 88 valence electrons. The van der Waals surface area contributed by atoms with E-state index in [1.165, 1.54) is 37.9 Å². The SMILES string of the molecule is Brc1ccc2c(c1)C1=CCCc3c(Br)ccc-2c31. The first-order valence-corrected chi connectivity index (χ1v) is 7.66. The smallest absolute Gasteiger partial charge is 0.0214 e. The molecule has 4 rings (SSSR count). The second-order valence-electron chi connectivity index (χ2n) is 4.79. The molecule has 0 heterocycles. The van der Waals surface area contributed by atoms with Crippen LogP contribution in [-0.2, 0) is 6.42 Å². The third-order valence-corrected chi connectivity index (χ3v) is 5.07. The fraction of sp³-hybridized carbons (Fsp3) is 0.125. The maximum absolute atomic E-state index is 3.69. The molecule has 2 aliphatic rings. The number of fused-ring (bicyclic) bond motifs is 3. The number of allylic oxidation sites excluding steroid dienone is 1. The van der Waals surface area contributed by atoms with Gasteiger partial charge in [-0.1, -0.05) is 50.1 Å². The molecule has 18 heavy (non-hydrogen) atoms. The van der Waals surface area contributed by atoms with Crippen LogP contribution in [-0.4, -0.2) is 0 Å². The highest BCUT2D eigenvalue weighted by Crippen LogP contribution is 2.50. The second kappa shape index (κ2) is 3.82. The number of halogens is 2. The summed E-state index contributed by atoms with van der Waals surface area (Å²) in [4.78, 5) is 0. The van der Waals surface area contributed by atoms with Crippen LogP contribution < -0.4 is 0 Å². The Morgan fingerprint density at radius 3 is 2.61 bits per heavy atom. The lowest BCUT2D eigenvalue weighted by atomic mass is 9.90. The minimum absolute atomic E-state index is 1.14. The Bertz CT molecular complexity index is 711. The molecule has 2 aromatic carbocycles. The summed E-state index contributed by atoms with van der Waals surface area (Å²) in [5, 5.41) is 0. The first-order chi connectivity index (χ1) is 8.75. The van der Waals surface area contributed by atoms with Gasteiger partial charge in [-0.25, -0.2) is 0 Å². The molecule has 2 aromatic rings. The summed E-state index contributed by atoms with van der Waals surface area (Å²) in [5.74, 6) is 0. The number of rotatable bonds is 0. The van der Waals surface area contributed by atoms with Gasteiger partial charge in [0.25, 0.3) is 0 Å². The Morgan fingerprint density at radius 2 is 1.72 bits per heavy atom. The van der Waals surface area contributed by atoms with Crippen molar-refractivity contribution in [1.29, 1.82) is 0 Å². The highest BCUT2D eigenvalue weighted by atomic mass is 79.9. The van der Waals surface area contributed by atoms with E-state index in [4.69, 9.17) is 0 Å². The Balaban J connectivity index is 2.14. The zero-order valence-corrected chi connectivity index (χ0v) is 12.8. The summed E-state index contributed by atoms with van der Waals surface area (Å²) in [6.07, 6.45) is 4.66. The summed E-state index contributed by atoms with van der Waals surface area (Å²) in [6.45, 7) is 0. The third-order valence-electron chi connectivity index (χ3n) is 3.83. The largest absolute Gasteiger partial charge is 0.0757 e. The molecule has 0 atom stereocenters. The molecular weight excluding hydrogens is 352 g/mol. The molecule has 0 amide bonds. The van der Waals surface area contributed by atoms with Crippen LogP contribution in [0, 0.1) is 0 Å². The minimum Gasteiger partial charge on any atom is -0.0757 e. The molecule has 0 radical (unpaired) electrons. The molecule has 0 fully saturated rings. The van der Waals surface area contributed by atoms with Gasteiger partial charge in [0.05, 0.1) is 0 Å². The van der Waals surface area contributed by atoms with Crippen molar-refractivity contribution in [1.82, 2.24) is 0 Å². The fourth-order valence-electron chi connectivity index (χ4n) is 3.08. The highest BCUT2D eigenvalue weighted by molar-refractivity contribution is 9.10. The highest BCUT2D eigenvalue weighted by Gasteiger charge is 2.28. The van der Waals surface area contributed by atoms with Gasteiger partial charge in [-0.3, -0.25) is 0 Å². The molecule has 0 N–H and O–H groups in total. The van der Waals surface area contributed by atoms with Gasteiger partial charge in [0.2, 0.25) is 0 Å². The van der Waals surface area contributed by atoms with Crippen LogP contribution in [0.4, 0.5) is 0 Å². The lowest BCUT2D eigenvalue weighted by Crippen LogP contribution is -1.99. The Labute approximate surface area is 123 Å². The number of hydrogen-bond acceptors (Lipinski definition) is 0. The average molecular weight is 362 g/mol. The molecule has 0 nitrogen and oxygen atoms in total. The normalized spacial score (nSPS) is 15.1. The van der Waals surface area contributed by atoms with Crippen molar-refractivity contribution in [2.75, 3.05) is 0 Å². The van der Waals surface area contributed by atoms with Crippen LogP contribution >= 0.6 is 31.9 Å². The fourth-order valence-corrected chi connectivity index (χ4v) is 3.97. The topological polar surface area (TPSA) is 0 Å². The molecule has 0 aliphatic heterocycles. The predicted molar refractivity (Wildman–Crippen MR) is 82.7 cm³/mol. The summed E-state index contributed by atoms with van der Waals surface area (Å²) in [6, 6.07) is 11.0. The predicted octanol–water partition coefficient (Wildman–Crippen LogP) is 5.57. The average Bonchev–Trinajstić information content (AvgIpc) is 2.69. The van der Waals surface area contributed by atoms with Crippen LogP contribution in [0.1, 0.15) is 23.1 Å². The van der Waals surface area contributed by atoms with Crippen molar-refractivity contribution in [2.24, 2.45) is 0 Å². The first-order valence-electron chi connectivity index (χ1n) is 6.08. The van der Waals surface area contributed by atoms with E-state index in [1.54, 1.807) is 0 Å². The van der Waals surface area contributed by atoms with Gasteiger partial charge in [-0.15, -0.1) is 0 Å². The van der Waals surface area contributed by atoms with E-state index in [0.717, 1.165) is 17.3 Å². The van der Waals surface area contributed by atoms with Crippen LogP contribution in [0.2, 0.25) is 0 Å². The summed E-state index contributed by atoms with van der Waals surface area (Å²) < 4.78 is 2.40. The maximum Gasteiger partial charge on any atom is 0.0214 e.